The molecule has 0 atom stereocenters. The van der Waals surface area contributed by atoms with Crippen LogP contribution in [0.1, 0.15) is 5.56 Å². The van der Waals surface area contributed by atoms with Gasteiger partial charge in [0.25, 0.3) is 0 Å². The molecule has 1 rings (SSSR count). The number of nitriles is 1. The van der Waals surface area contributed by atoms with Gasteiger partial charge in [0.05, 0.1) is 19.0 Å². The molecule has 88 valence electrons. The first-order chi connectivity index (χ1) is 8.12. The van der Waals surface area contributed by atoms with Crippen LogP contribution in [-0.2, 0) is 4.79 Å². The highest BCUT2D eigenvalue weighted by Crippen LogP contribution is 2.21. The maximum Gasteiger partial charge on any atom is 0.167 e. The molecule has 0 aliphatic carbocycles. The molecule has 0 amide bonds. The summed E-state index contributed by atoms with van der Waals surface area (Å²) in [7, 11) is 1.43. The standard InChI is InChI=1S/C10H11N5O2/c1-17-9-2-10(14-4-7(9)3-11)15(13)5-8(12)6-16/h2,4-6H,12-13H2,1H3/b8-5-. The number of allylic oxidation sites excluding steroid dienone is 1. The van der Waals surface area contributed by atoms with E-state index in [0.29, 0.717) is 17.9 Å². The van der Waals surface area contributed by atoms with Gasteiger partial charge in [-0.05, 0) is 0 Å². The highest BCUT2D eigenvalue weighted by molar-refractivity contribution is 5.72. The molecule has 0 fully saturated rings. The number of hydrogen-bond acceptors (Lipinski definition) is 7. The maximum atomic E-state index is 10.3. The van der Waals surface area contributed by atoms with Crippen LogP contribution in [0, 0.1) is 11.3 Å². The molecule has 0 saturated heterocycles. The number of hydrogen-bond donors (Lipinski definition) is 2. The van der Waals surface area contributed by atoms with Crippen LogP contribution in [0.3, 0.4) is 0 Å². The van der Waals surface area contributed by atoms with Gasteiger partial charge >= 0.3 is 0 Å². The first-order valence-electron chi connectivity index (χ1n) is 4.53. The molecular weight excluding hydrogens is 222 g/mol. The van der Waals surface area contributed by atoms with E-state index in [0.717, 1.165) is 5.01 Å². The summed E-state index contributed by atoms with van der Waals surface area (Å²) in [6, 6.07) is 3.39. The molecule has 0 spiro atoms. The number of nitrogens with two attached hydrogens (primary N) is 2. The SMILES string of the molecule is COc1cc(N(N)/C=C(\N)C=O)ncc1C#N. The molecule has 7 heteroatoms. The summed E-state index contributed by atoms with van der Waals surface area (Å²) in [6.07, 6.45) is 2.99. The molecule has 7 nitrogen and oxygen atoms in total. The fourth-order valence-corrected chi connectivity index (χ4v) is 1.08. The van der Waals surface area contributed by atoms with Gasteiger partial charge in [0.1, 0.15) is 17.4 Å². The van der Waals surface area contributed by atoms with Gasteiger partial charge in [-0.1, -0.05) is 0 Å². The molecule has 1 aromatic rings. The van der Waals surface area contributed by atoms with E-state index in [1.807, 2.05) is 6.07 Å². The van der Waals surface area contributed by atoms with Crippen molar-refractivity contribution in [1.29, 1.82) is 5.26 Å². The highest BCUT2D eigenvalue weighted by atomic mass is 16.5. The van der Waals surface area contributed by atoms with Crippen molar-refractivity contribution in [3.05, 3.63) is 29.7 Å². The number of anilines is 1. The molecule has 0 bridgehead atoms. The molecule has 0 unspecified atom stereocenters. The number of nitrogens with zero attached hydrogens (tertiary/aromatic N) is 3. The largest absolute Gasteiger partial charge is 0.495 e. The normalized spacial score (nSPS) is 10.5. The second-order valence-electron chi connectivity index (χ2n) is 3.01. The van der Waals surface area contributed by atoms with Crippen LogP contribution < -0.4 is 21.3 Å². The van der Waals surface area contributed by atoms with Gasteiger partial charge in [-0.15, -0.1) is 0 Å². The van der Waals surface area contributed by atoms with Gasteiger partial charge in [0.15, 0.2) is 12.1 Å². The zero-order valence-electron chi connectivity index (χ0n) is 9.12. The fourth-order valence-electron chi connectivity index (χ4n) is 1.08. The van der Waals surface area contributed by atoms with Crippen LogP contribution in [0.2, 0.25) is 0 Å². The zero-order valence-corrected chi connectivity index (χ0v) is 9.12. The Balaban J connectivity index is 3.08. The number of aromatic nitrogens is 1. The second kappa shape index (κ2) is 5.48. The minimum Gasteiger partial charge on any atom is -0.495 e. The van der Waals surface area contributed by atoms with Crippen LogP contribution in [-0.4, -0.2) is 18.4 Å². The lowest BCUT2D eigenvalue weighted by Crippen LogP contribution is -2.27. The Morgan fingerprint density at radius 3 is 2.94 bits per heavy atom. The van der Waals surface area contributed by atoms with Crippen molar-refractivity contribution in [3.63, 3.8) is 0 Å². The number of hydrazine groups is 1. The summed E-state index contributed by atoms with van der Waals surface area (Å²) >= 11 is 0. The van der Waals surface area contributed by atoms with Crippen molar-refractivity contribution >= 4 is 12.1 Å². The predicted molar refractivity (Wildman–Crippen MR) is 60.5 cm³/mol. The van der Waals surface area contributed by atoms with Crippen molar-refractivity contribution in [1.82, 2.24) is 4.98 Å². The summed E-state index contributed by atoms with van der Waals surface area (Å²) < 4.78 is 4.99. The van der Waals surface area contributed by atoms with Gasteiger partial charge in [0, 0.05) is 12.3 Å². The Hall–Kier alpha value is -2.59. The van der Waals surface area contributed by atoms with E-state index in [9.17, 15) is 4.79 Å². The van der Waals surface area contributed by atoms with Gasteiger partial charge in [-0.25, -0.2) is 10.8 Å². The van der Waals surface area contributed by atoms with E-state index < -0.39 is 0 Å². The van der Waals surface area contributed by atoms with E-state index >= 15 is 0 Å². The number of rotatable bonds is 4. The van der Waals surface area contributed by atoms with Gasteiger partial charge in [-0.2, -0.15) is 5.26 Å². The Bertz CT molecular complexity index is 492. The van der Waals surface area contributed by atoms with E-state index in [1.54, 1.807) is 0 Å². The summed E-state index contributed by atoms with van der Waals surface area (Å²) in [4.78, 5) is 14.3. The second-order valence-corrected chi connectivity index (χ2v) is 3.01. The Morgan fingerprint density at radius 2 is 2.41 bits per heavy atom. The Kier molecular flexibility index (Phi) is 4.02. The first-order valence-corrected chi connectivity index (χ1v) is 4.53. The lowest BCUT2D eigenvalue weighted by Gasteiger charge is -2.13. The van der Waals surface area contributed by atoms with Crippen LogP contribution in [0.15, 0.2) is 24.2 Å². The van der Waals surface area contributed by atoms with E-state index in [1.165, 1.54) is 25.6 Å². The molecule has 0 aromatic carbocycles. The first kappa shape index (κ1) is 12.5. The molecule has 0 aliphatic heterocycles. The van der Waals surface area contributed by atoms with E-state index in [2.05, 4.69) is 4.98 Å². The third kappa shape index (κ3) is 2.93. The molecule has 1 heterocycles. The highest BCUT2D eigenvalue weighted by Gasteiger charge is 2.07. The van der Waals surface area contributed by atoms with E-state index in [4.69, 9.17) is 21.6 Å². The molecule has 17 heavy (non-hydrogen) atoms. The van der Waals surface area contributed by atoms with Crippen LogP contribution in [0.5, 0.6) is 5.75 Å². The quantitative estimate of drug-likeness (QED) is 0.315. The van der Waals surface area contributed by atoms with Crippen molar-refractivity contribution < 1.29 is 9.53 Å². The van der Waals surface area contributed by atoms with Gasteiger partial charge in [0.2, 0.25) is 0 Å². The minimum absolute atomic E-state index is 0.0439. The van der Waals surface area contributed by atoms with Crippen LogP contribution in [0.4, 0.5) is 5.82 Å². The monoisotopic (exact) mass is 233 g/mol. The lowest BCUT2D eigenvalue weighted by molar-refractivity contribution is -0.105. The summed E-state index contributed by atoms with van der Waals surface area (Å²) in [6.45, 7) is 0. The van der Waals surface area contributed by atoms with E-state index in [-0.39, 0.29) is 11.3 Å². The third-order valence-corrected chi connectivity index (χ3v) is 1.88. The molecule has 4 N–H and O–H groups in total. The van der Waals surface area contributed by atoms with Gasteiger partial charge < -0.3 is 10.5 Å². The maximum absolute atomic E-state index is 10.3. The zero-order chi connectivity index (χ0) is 12.8. The third-order valence-electron chi connectivity index (χ3n) is 1.88. The van der Waals surface area contributed by atoms with Crippen molar-refractivity contribution in [2.75, 3.05) is 12.1 Å². The van der Waals surface area contributed by atoms with Crippen molar-refractivity contribution in [2.24, 2.45) is 11.6 Å². The Labute approximate surface area is 97.9 Å². The number of carbonyl (C=O) groups excluding carboxylic acids is 1. The number of carbonyl (C=O) groups is 1. The Morgan fingerprint density at radius 1 is 1.71 bits per heavy atom. The van der Waals surface area contributed by atoms with Crippen LogP contribution in [0.25, 0.3) is 0 Å². The molecule has 0 radical (unpaired) electrons. The van der Waals surface area contributed by atoms with Crippen molar-refractivity contribution in [2.45, 2.75) is 0 Å². The lowest BCUT2D eigenvalue weighted by atomic mass is 10.3. The number of pyridine rings is 1. The fraction of sp³-hybridized carbons (Fsp3) is 0.100. The average Bonchev–Trinajstić information content (AvgIpc) is 2.37. The smallest absolute Gasteiger partial charge is 0.167 e. The topological polar surface area (TPSA) is 118 Å². The number of ether oxygens (including phenoxy) is 1. The van der Waals surface area contributed by atoms with Gasteiger partial charge in [-0.3, -0.25) is 9.80 Å². The molecular formula is C10H11N5O2. The molecule has 0 aliphatic rings. The summed E-state index contributed by atoms with van der Waals surface area (Å²) in [5, 5.41) is 9.83. The number of methoxy groups -OCH3 is 1. The average molecular weight is 233 g/mol. The number of aldehydes is 1. The minimum atomic E-state index is -0.0439. The summed E-state index contributed by atoms with van der Waals surface area (Å²) in [5.74, 6) is 6.24. The summed E-state index contributed by atoms with van der Waals surface area (Å²) in [5.41, 5.74) is 5.54. The predicted octanol–water partition coefficient (Wildman–Crippen LogP) is -0.359. The molecule has 0 saturated carbocycles. The molecule has 1 aromatic heterocycles. The van der Waals surface area contributed by atoms with Crippen LogP contribution >= 0.6 is 0 Å². The van der Waals surface area contributed by atoms with Crippen molar-refractivity contribution in [3.8, 4) is 11.8 Å².